The Morgan fingerprint density at radius 1 is 1.03 bits per heavy atom. The molecule has 1 unspecified atom stereocenters. The predicted molar refractivity (Wildman–Crippen MR) is 141 cm³/mol. The van der Waals surface area contributed by atoms with Crippen molar-refractivity contribution in [3.8, 4) is 11.5 Å². The summed E-state index contributed by atoms with van der Waals surface area (Å²) in [4.78, 5) is 4.96. The van der Waals surface area contributed by atoms with E-state index in [4.69, 9.17) is 19.2 Å². The fourth-order valence-electron chi connectivity index (χ4n) is 3.88. The van der Waals surface area contributed by atoms with E-state index in [2.05, 4.69) is 47.9 Å². The molecule has 0 saturated carbocycles. The second-order valence-electron chi connectivity index (χ2n) is 7.91. The van der Waals surface area contributed by atoms with Crippen LogP contribution in [0.25, 0.3) is 0 Å². The normalized spacial score (nSPS) is 16.4. The van der Waals surface area contributed by atoms with Crippen LogP contribution in [0.1, 0.15) is 32.3 Å². The first-order valence-corrected chi connectivity index (χ1v) is 11.1. The lowest BCUT2D eigenvalue weighted by Crippen LogP contribution is -2.43. The SMILES string of the molecule is CCNC(=NCC1(c2ccccc2)CCOCC1)NCC(C)Oc1ccccc1OC.I. The van der Waals surface area contributed by atoms with Gasteiger partial charge in [0.2, 0.25) is 0 Å². The summed E-state index contributed by atoms with van der Waals surface area (Å²) >= 11 is 0. The Balaban J connectivity index is 0.00000363. The van der Waals surface area contributed by atoms with Crippen molar-refractivity contribution < 1.29 is 14.2 Å². The molecular formula is C25H36IN3O3. The molecule has 1 aliphatic rings. The Morgan fingerprint density at radius 2 is 1.69 bits per heavy atom. The average molecular weight is 553 g/mol. The summed E-state index contributed by atoms with van der Waals surface area (Å²) in [6.07, 6.45) is 1.91. The molecule has 7 heteroatoms. The summed E-state index contributed by atoms with van der Waals surface area (Å²) in [6.45, 7) is 7.81. The highest BCUT2D eigenvalue weighted by atomic mass is 127. The molecule has 0 aromatic heterocycles. The predicted octanol–water partition coefficient (Wildman–Crippen LogP) is 4.38. The molecule has 0 bridgehead atoms. The van der Waals surface area contributed by atoms with Gasteiger partial charge in [0.15, 0.2) is 17.5 Å². The monoisotopic (exact) mass is 553 g/mol. The van der Waals surface area contributed by atoms with Gasteiger partial charge in [-0.2, -0.15) is 0 Å². The number of hydrogen-bond donors (Lipinski definition) is 2. The zero-order valence-corrected chi connectivity index (χ0v) is 21.6. The van der Waals surface area contributed by atoms with Crippen LogP contribution in [-0.4, -0.2) is 52.0 Å². The molecule has 0 aliphatic carbocycles. The van der Waals surface area contributed by atoms with E-state index in [0.717, 1.165) is 56.6 Å². The third kappa shape index (κ3) is 7.27. The van der Waals surface area contributed by atoms with Crippen molar-refractivity contribution in [1.29, 1.82) is 0 Å². The zero-order chi connectivity index (χ0) is 21.9. The second-order valence-corrected chi connectivity index (χ2v) is 7.91. The van der Waals surface area contributed by atoms with Gasteiger partial charge in [-0.05, 0) is 44.4 Å². The standard InChI is InChI=1S/C25H35N3O3.HI/c1-4-26-24(27-18-20(2)31-23-13-9-8-12-22(23)29-3)28-19-25(14-16-30-17-15-25)21-10-6-5-7-11-21;/h5-13,20H,4,14-19H2,1-3H3,(H2,26,27,28);1H. The van der Waals surface area contributed by atoms with Crippen molar-refractivity contribution in [1.82, 2.24) is 10.6 Å². The first-order valence-electron chi connectivity index (χ1n) is 11.1. The van der Waals surface area contributed by atoms with Crippen molar-refractivity contribution in [3.63, 3.8) is 0 Å². The first kappa shape index (κ1) is 26.3. The maximum Gasteiger partial charge on any atom is 0.191 e. The van der Waals surface area contributed by atoms with Crippen molar-refractivity contribution >= 4 is 29.9 Å². The first-order chi connectivity index (χ1) is 15.2. The van der Waals surface area contributed by atoms with E-state index < -0.39 is 0 Å². The van der Waals surface area contributed by atoms with Crippen LogP contribution in [-0.2, 0) is 10.2 Å². The van der Waals surface area contributed by atoms with Crippen LogP contribution in [0.4, 0.5) is 0 Å². The van der Waals surface area contributed by atoms with Crippen molar-refractivity contribution in [3.05, 3.63) is 60.2 Å². The lowest BCUT2D eigenvalue weighted by molar-refractivity contribution is 0.0531. The summed E-state index contributed by atoms with van der Waals surface area (Å²) in [5, 5.41) is 6.79. The van der Waals surface area contributed by atoms with E-state index in [0.29, 0.717) is 6.54 Å². The van der Waals surface area contributed by atoms with Gasteiger partial charge in [0.1, 0.15) is 6.10 Å². The number of ether oxygens (including phenoxy) is 3. The molecule has 0 amide bonds. The maximum absolute atomic E-state index is 6.06. The van der Waals surface area contributed by atoms with E-state index in [9.17, 15) is 0 Å². The number of benzene rings is 2. The number of methoxy groups -OCH3 is 1. The van der Waals surface area contributed by atoms with Crippen LogP contribution in [0, 0.1) is 0 Å². The van der Waals surface area contributed by atoms with Crippen molar-refractivity contribution in [2.75, 3.05) is 40.0 Å². The van der Waals surface area contributed by atoms with Crippen LogP contribution in [0.5, 0.6) is 11.5 Å². The highest BCUT2D eigenvalue weighted by Crippen LogP contribution is 2.35. The third-order valence-corrected chi connectivity index (χ3v) is 5.67. The molecule has 2 aromatic carbocycles. The van der Waals surface area contributed by atoms with Crippen molar-refractivity contribution in [2.45, 2.75) is 38.2 Å². The van der Waals surface area contributed by atoms with Gasteiger partial charge in [0.05, 0.1) is 20.2 Å². The molecule has 3 rings (SSSR count). The Hall–Kier alpha value is -2.00. The molecule has 2 aromatic rings. The summed E-state index contributed by atoms with van der Waals surface area (Å²) in [5.74, 6) is 2.28. The summed E-state index contributed by atoms with van der Waals surface area (Å²) in [6, 6.07) is 18.4. The quantitative estimate of drug-likeness (QED) is 0.274. The lowest BCUT2D eigenvalue weighted by atomic mass is 9.74. The van der Waals surface area contributed by atoms with E-state index in [1.165, 1.54) is 5.56 Å². The third-order valence-electron chi connectivity index (χ3n) is 5.67. The Bertz CT molecular complexity index is 826. The molecule has 1 fully saturated rings. The topological polar surface area (TPSA) is 64.1 Å². The molecular weight excluding hydrogens is 517 g/mol. The Labute approximate surface area is 209 Å². The molecule has 2 N–H and O–H groups in total. The Morgan fingerprint density at radius 3 is 2.34 bits per heavy atom. The molecule has 176 valence electrons. The number of rotatable bonds is 9. The number of para-hydroxylation sites is 2. The van der Waals surface area contributed by atoms with E-state index in [1.807, 2.05) is 31.2 Å². The summed E-state index contributed by atoms with van der Waals surface area (Å²) < 4.78 is 17.1. The Kier molecular flexibility index (Phi) is 11.1. The minimum Gasteiger partial charge on any atom is -0.493 e. The molecule has 6 nitrogen and oxygen atoms in total. The van der Waals surface area contributed by atoms with Gasteiger partial charge in [-0.25, -0.2) is 0 Å². The fraction of sp³-hybridized carbons (Fsp3) is 0.480. The fourth-order valence-corrected chi connectivity index (χ4v) is 3.88. The molecule has 32 heavy (non-hydrogen) atoms. The molecule has 0 radical (unpaired) electrons. The minimum absolute atomic E-state index is 0. The van der Waals surface area contributed by atoms with Gasteiger partial charge in [-0.3, -0.25) is 4.99 Å². The highest BCUT2D eigenvalue weighted by molar-refractivity contribution is 14.0. The summed E-state index contributed by atoms with van der Waals surface area (Å²) in [5.41, 5.74) is 1.35. The van der Waals surface area contributed by atoms with E-state index in [1.54, 1.807) is 7.11 Å². The van der Waals surface area contributed by atoms with E-state index in [-0.39, 0.29) is 35.5 Å². The van der Waals surface area contributed by atoms with Crippen LogP contribution in [0.15, 0.2) is 59.6 Å². The van der Waals surface area contributed by atoms with Gasteiger partial charge in [0, 0.05) is 25.2 Å². The molecule has 0 spiro atoms. The number of nitrogens with zero attached hydrogens (tertiary/aromatic N) is 1. The molecule has 1 aliphatic heterocycles. The summed E-state index contributed by atoms with van der Waals surface area (Å²) in [7, 11) is 1.65. The van der Waals surface area contributed by atoms with Crippen LogP contribution in [0.3, 0.4) is 0 Å². The number of nitrogens with one attached hydrogen (secondary N) is 2. The second kappa shape index (κ2) is 13.5. The van der Waals surface area contributed by atoms with Crippen LogP contribution >= 0.6 is 24.0 Å². The minimum atomic E-state index is -0.0497. The van der Waals surface area contributed by atoms with E-state index >= 15 is 0 Å². The van der Waals surface area contributed by atoms with Gasteiger partial charge in [-0.15, -0.1) is 24.0 Å². The molecule has 1 atom stereocenters. The van der Waals surface area contributed by atoms with Gasteiger partial charge >= 0.3 is 0 Å². The van der Waals surface area contributed by atoms with Crippen LogP contribution < -0.4 is 20.1 Å². The number of aliphatic imine (C=N–C) groups is 1. The van der Waals surface area contributed by atoms with Crippen LogP contribution in [0.2, 0.25) is 0 Å². The average Bonchev–Trinajstić information content (AvgIpc) is 2.82. The smallest absolute Gasteiger partial charge is 0.191 e. The number of hydrogen-bond acceptors (Lipinski definition) is 4. The van der Waals surface area contributed by atoms with Crippen molar-refractivity contribution in [2.24, 2.45) is 4.99 Å². The van der Waals surface area contributed by atoms with Gasteiger partial charge in [-0.1, -0.05) is 42.5 Å². The van der Waals surface area contributed by atoms with Gasteiger partial charge in [0.25, 0.3) is 0 Å². The number of guanidine groups is 1. The molecule has 1 heterocycles. The number of halogens is 1. The molecule has 1 saturated heterocycles. The zero-order valence-electron chi connectivity index (χ0n) is 19.3. The van der Waals surface area contributed by atoms with Gasteiger partial charge < -0.3 is 24.8 Å². The maximum atomic E-state index is 6.06. The lowest BCUT2D eigenvalue weighted by Gasteiger charge is -2.36. The highest BCUT2D eigenvalue weighted by Gasteiger charge is 2.34. The largest absolute Gasteiger partial charge is 0.493 e.